The highest BCUT2D eigenvalue weighted by Gasteiger charge is 2.27. The fourth-order valence-electron chi connectivity index (χ4n) is 4.29. The van der Waals surface area contributed by atoms with Crippen molar-refractivity contribution in [2.24, 2.45) is 0 Å². The van der Waals surface area contributed by atoms with E-state index >= 15 is 0 Å². The summed E-state index contributed by atoms with van der Waals surface area (Å²) in [5, 5.41) is 6.73. The number of nitrogens with one attached hydrogen (secondary N) is 2. The standard InChI is InChI=1S/C25H28N2O5S/c1-14-11-15(2)22-17(12-14)18(28)13-19(32-22)23(29)27-25-21(24(30)26-9-6-10-31-3)16-7-4-5-8-20(16)33-25/h11-13H,4-10H2,1-3H3,(H,26,30)(H,27,29). The first kappa shape index (κ1) is 23.2. The van der Waals surface area contributed by atoms with Gasteiger partial charge >= 0.3 is 0 Å². The molecule has 0 radical (unpaired) electrons. The second-order valence-corrected chi connectivity index (χ2v) is 9.51. The van der Waals surface area contributed by atoms with Crippen LogP contribution in [-0.4, -0.2) is 32.1 Å². The first-order valence-corrected chi connectivity index (χ1v) is 12.0. The number of methoxy groups -OCH3 is 1. The van der Waals surface area contributed by atoms with E-state index in [1.165, 1.54) is 17.4 Å². The molecule has 0 saturated carbocycles. The molecule has 0 atom stereocenters. The molecule has 2 amide bonds. The Morgan fingerprint density at radius 1 is 1.12 bits per heavy atom. The molecule has 2 N–H and O–H groups in total. The number of amides is 2. The van der Waals surface area contributed by atoms with Crippen molar-refractivity contribution in [3.8, 4) is 0 Å². The summed E-state index contributed by atoms with van der Waals surface area (Å²) in [6, 6.07) is 4.88. The van der Waals surface area contributed by atoms with E-state index < -0.39 is 5.91 Å². The fourth-order valence-corrected chi connectivity index (χ4v) is 5.57. The first-order chi connectivity index (χ1) is 15.9. The Hall–Kier alpha value is -2.97. The second kappa shape index (κ2) is 9.89. The Bertz CT molecular complexity index is 1270. The molecule has 0 fully saturated rings. The van der Waals surface area contributed by atoms with E-state index in [0.717, 1.165) is 47.3 Å². The van der Waals surface area contributed by atoms with Crippen LogP contribution in [0.4, 0.5) is 5.00 Å². The normalized spacial score (nSPS) is 13.1. The largest absolute Gasteiger partial charge is 0.450 e. The highest BCUT2D eigenvalue weighted by Crippen LogP contribution is 2.38. The number of thiophene rings is 1. The summed E-state index contributed by atoms with van der Waals surface area (Å²) in [4.78, 5) is 39.9. The monoisotopic (exact) mass is 468 g/mol. The topological polar surface area (TPSA) is 97.6 Å². The molecule has 2 aromatic heterocycles. The fraction of sp³-hybridized carbons (Fsp3) is 0.400. The van der Waals surface area contributed by atoms with Crippen LogP contribution < -0.4 is 16.1 Å². The molecule has 33 heavy (non-hydrogen) atoms. The van der Waals surface area contributed by atoms with Crippen molar-refractivity contribution in [1.29, 1.82) is 0 Å². The Morgan fingerprint density at radius 2 is 1.91 bits per heavy atom. The van der Waals surface area contributed by atoms with Gasteiger partial charge < -0.3 is 19.8 Å². The molecule has 0 aliphatic heterocycles. The zero-order valence-electron chi connectivity index (χ0n) is 19.1. The van der Waals surface area contributed by atoms with Crippen molar-refractivity contribution in [1.82, 2.24) is 5.32 Å². The van der Waals surface area contributed by atoms with Gasteiger partial charge in [0.1, 0.15) is 10.6 Å². The van der Waals surface area contributed by atoms with Gasteiger partial charge in [0.15, 0.2) is 11.2 Å². The third-order valence-corrected chi connectivity index (χ3v) is 7.03. The van der Waals surface area contributed by atoms with Gasteiger partial charge in [0.25, 0.3) is 11.8 Å². The predicted molar refractivity (Wildman–Crippen MR) is 130 cm³/mol. The molecular formula is C25H28N2O5S. The Morgan fingerprint density at radius 3 is 2.70 bits per heavy atom. The summed E-state index contributed by atoms with van der Waals surface area (Å²) in [6.07, 6.45) is 4.49. The van der Waals surface area contributed by atoms with Gasteiger partial charge in [0, 0.05) is 31.2 Å². The minimum atomic E-state index is -0.541. The molecule has 2 heterocycles. The zero-order chi connectivity index (χ0) is 23.5. The molecule has 1 aliphatic rings. The lowest BCUT2D eigenvalue weighted by molar-refractivity contribution is 0.0948. The van der Waals surface area contributed by atoms with Crippen molar-refractivity contribution in [3.05, 3.63) is 61.3 Å². The van der Waals surface area contributed by atoms with Crippen LogP contribution in [0.1, 0.15) is 61.7 Å². The van der Waals surface area contributed by atoms with Gasteiger partial charge in [-0.05, 0) is 68.7 Å². The van der Waals surface area contributed by atoms with Crippen LogP contribution in [0.2, 0.25) is 0 Å². The van der Waals surface area contributed by atoms with Crippen molar-refractivity contribution < 1.29 is 18.7 Å². The number of hydrogen-bond donors (Lipinski definition) is 2. The maximum absolute atomic E-state index is 13.1. The summed E-state index contributed by atoms with van der Waals surface area (Å²) in [7, 11) is 1.62. The molecule has 7 nitrogen and oxygen atoms in total. The lowest BCUT2D eigenvalue weighted by atomic mass is 9.95. The molecule has 174 valence electrons. The Kier molecular flexibility index (Phi) is 6.95. The number of rotatable bonds is 7. The molecule has 3 aromatic rings. The van der Waals surface area contributed by atoms with Gasteiger partial charge in [-0.3, -0.25) is 14.4 Å². The third-order valence-electron chi connectivity index (χ3n) is 5.82. The number of carbonyl (C=O) groups excluding carboxylic acids is 2. The number of aryl methyl sites for hydroxylation is 3. The maximum atomic E-state index is 13.1. The molecule has 1 aliphatic carbocycles. The van der Waals surface area contributed by atoms with Crippen molar-refractivity contribution in [2.45, 2.75) is 46.0 Å². The lowest BCUT2D eigenvalue weighted by Gasteiger charge is -2.13. The van der Waals surface area contributed by atoms with Crippen LogP contribution in [0.5, 0.6) is 0 Å². The van der Waals surface area contributed by atoms with Crippen molar-refractivity contribution in [3.63, 3.8) is 0 Å². The predicted octanol–water partition coefficient (Wildman–Crippen LogP) is 4.37. The minimum Gasteiger partial charge on any atom is -0.450 e. The summed E-state index contributed by atoms with van der Waals surface area (Å²) in [5.41, 5.74) is 3.41. The van der Waals surface area contributed by atoms with Gasteiger partial charge in [0.05, 0.1) is 10.9 Å². The van der Waals surface area contributed by atoms with E-state index in [2.05, 4.69) is 10.6 Å². The molecule has 1 aromatic carbocycles. The molecule has 0 saturated heterocycles. The molecule has 0 spiro atoms. The Balaban J connectivity index is 1.65. The van der Waals surface area contributed by atoms with Gasteiger partial charge in [-0.25, -0.2) is 0 Å². The minimum absolute atomic E-state index is 0.0720. The maximum Gasteiger partial charge on any atom is 0.292 e. The summed E-state index contributed by atoms with van der Waals surface area (Å²) in [5.74, 6) is -0.814. The number of benzene rings is 1. The van der Waals surface area contributed by atoms with Gasteiger partial charge in [-0.2, -0.15) is 0 Å². The molecule has 4 rings (SSSR count). The van der Waals surface area contributed by atoms with E-state index in [0.29, 0.717) is 41.1 Å². The van der Waals surface area contributed by atoms with E-state index in [4.69, 9.17) is 9.15 Å². The molecule has 8 heteroatoms. The molecular weight excluding hydrogens is 440 g/mol. The third kappa shape index (κ3) is 4.86. The smallest absolute Gasteiger partial charge is 0.292 e. The summed E-state index contributed by atoms with van der Waals surface area (Å²) in [6.45, 7) is 4.81. The van der Waals surface area contributed by atoms with E-state index in [1.54, 1.807) is 13.2 Å². The van der Waals surface area contributed by atoms with E-state index in [-0.39, 0.29) is 17.1 Å². The van der Waals surface area contributed by atoms with Crippen LogP contribution in [0, 0.1) is 13.8 Å². The highest BCUT2D eigenvalue weighted by molar-refractivity contribution is 7.17. The van der Waals surface area contributed by atoms with Crippen molar-refractivity contribution >= 4 is 39.1 Å². The van der Waals surface area contributed by atoms with Gasteiger partial charge in [0.2, 0.25) is 0 Å². The number of carbonyl (C=O) groups is 2. The zero-order valence-corrected chi connectivity index (χ0v) is 19.9. The average molecular weight is 469 g/mol. The van der Waals surface area contributed by atoms with E-state index in [1.807, 2.05) is 19.9 Å². The molecule has 0 bridgehead atoms. The second-order valence-electron chi connectivity index (χ2n) is 8.40. The average Bonchev–Trinajstić information content (AvgIpc) is 3.15. The first-order valence-electron chi connectivity index (χ1n) is 11.2. The Labute approximate surface area is 196 Å². The summed E-state index contributed by atoms with van der Waals surface area (Å²) < 4.78 is 10.9. The van der Waals surface area contributed by atoms with E-state index in [9.17, 15) is 14.4 Å². The number of hydrogen-bond acceptors (Lipinski definition) is 6. The van der Waals surface area contributed by atoms with Crippen LogP contribution in [0.25, 0.3) is 11.0 Å². The SMILES string of the molecule is COCCCNC(=O)c1c(NC(=O)c2cc(=O)c3cc(C)cc(C)c3o2)sc2c1CCCC2. The quantitative estimate of drug-likeness (QED) is 0.502. The highest BCUT2D eigenvalue weighted by atomic mass is 32.1. The van der Waals surface area contributed by atoms with Crippen LogP contribution in [0.15, 0.2) is 27.4 Å². The number of fused-ring (bicyclic) bond motifs is 2. The lowest BCUT2D eigenvalue weighted by Crippen LogP contribution is -2.27. The number of ether oxygens (including phenoxy) is 1. The summed E-state index contributed by atoms with van der Waals surface area (Å²) >= 11 is 1.43. The van der Waals surface area contributed by atoms with Crippen LogP contribution in [0.3, 0.4) is 0 Å². The molecule has 0 unspecified atom stereocenters. The van der Waals surface area contributed by atoms with Gasteiger partial charge in [-0.1, -0.05) is 6.07 Å². The van der Waals surface area contributed by atoms with Crippen molar-refractivity contribution in [2.75, 3.05) is 25.6 Å². The van der Waals surface area contributed by atoms with Crippen LogP contribution >= 0.6 is 11.3 Å². The van der Waals surface area contributed by atoms with Gasteiger partial charge in [-0.15, -0.1) is 11.3 Å². The number of anilines is 1. The van der Waals surface area contributed by atoms with Crippen LogP contribution in [-0.2, 0) is 17.6 Å².